The topological polar surface area (TPSA) is 84.7 Å². The molecule has 0 radical (unpaired) electrons. The fraction of sp³-hybridized carbons (Fsp3) is 0.364. The number of morpholine rings is 1. The smallest absolute Gasteiger partial charge is 0.226 e. The molecule has 0 spiro atoms. The third-order valence-corrected chi connectivity index (χ3v) is 7.72. The van der Waals surface area contributed by atoms with Gasteiger partial charge in [0, 0.05) is 36.3 Å². The van der Waals surface area contributed by atoms with Gasteiger partial charge in [-0.1, -0.05) is 11.6 Å². The maximum Gasteiger partial charge on any atom is 0.226 e. The molecule has 6 rings (SSSR count). The minimum Gasteiger partial charge on any atom is -0.378 e. The lowest BCUT2D eigenvalue weighted by atomic mass is 9.86. The average Bonchev–Trinajstić information content (AvgIpc) is 3.43. The summed E-state index contributed by atoms with van der Waals surface area (Å²) < 4.78 is 7.13. The molecular weight excluding hydrogens is 448 g/mol. The quantitative estimate of drug-likeness (QED) is 0.493. The highest BCUT2D eigenvalue weighted by molar-refractivity contribution is 7.19. The molecule has 32 heavy (non-hydrogen) atoms. The molecule has 4 aromatic heterocycles. The number of thiophene rings is 1. The van der Waals surface area contributed by atoms with Crippen LogP contribution in [-0.2, 0) is 22.4 Å². The molecule has 2 aliphatic rings. The summed E-state index contributed by atoms with van der Waals surface area (Å²) in [5, 5.41) is 9.24. The van der Waals surface area contributed by atoms with Crippen LogP contribution in [0.25, 0.3) is 15.7 Å². The summed E-state index contributed by atoms with van der Waals surface area (Å²) in [5.74, 6) is 1.02. The van der Waals surface area contributed by atoms with Gasteiger partial charge >= 0.3 is 0 Å². The Morgan fingerprint density at radius 3 is 3.03 bits per heavy atom. The molecule has 0 aromatic carbocycles. The second-order valence-corrected chi connectivity index (χ2v) is 9.64. The fourth-order valence-electron chi connectivity index (χ4n) is 4.62. The van der Waals surface area contributed by atoms with Gasteiger partial charge in [0.2, 0.25) is 5.91 Å². The number of amides is 1. The van der Waals surface area contributed by atoms with E-state index in [1.54, 1.807) is 34.6 Å². The Labute approximate surface area is 193 Å². The van der Waals surface area contributed by atoms with E-state index in [1.807, 2.05) is 17.0 Å². The van der Waals surface area contributed by atoms with Crippen molar-refractivity contribution in [3.63, 3.8) is 0 Å². The number of nitrogens with zero attached hydrogens (tertiary/aromatic N) is 5. The van der Waals surface area contributed by atoms with Crippen LogP contribution in [0.4, 0.5) is 11.5 Å². The highest BCUT2D eigenvalue weighted by Crippen LogP contribution is 2.41. The molecule has 4 aromatic rings. The number of aromatic nitrogens is 4. The predicted molar refractivity (Wildman–Crippen MR) is 124 cm³/mol. The number of hydrogen-bond donors (Lipinski definition) is 1. The number of carbonyl (C=O) groups excluding carboxylic acids is 1. The van der Waals surface area contributed by atoms with Crippen LogP contribution in [0.5, 0.6) is 0 Å². The van der Waals surface area contributed by atoms with Gasteiger partial charge in [0.25, 0.3) is 0 Å². The Morgan fingerprint density at radius 1 is 1.28 bits per heavy atom. The van der Waals surface area contributed by atoms with Crippen molar-refractivity contribution in [3.05, 3.63) is 46.3 Å². The molecule has 5 heterocycles. The van der Waals surface area contributed by atoms with Gasteiger partial charge in [-0.15, -0.1) is 11.3 Å². The Bertz CT molecular complexity index is 1330. The van der Waals surface area contributed by atoms with Crippen LogP contribution < -0.4 is 5.32 Å². The Balaban J connectivity index is 1.32. The number of hydrogen-bond acceptors (Lipinski definition) is 7. The molecule has 1 aliphatic heterocycles. The van der Waals surface area contributed by atoms with E-state index in [0.717, 1.165) is 46.5 Å². The van der Waals surface area contributed by atoms with Gasteiger partial charge in [0.05, 0.1) is 34.8 Å². The molecule has 1 aliphatic carbocycles. The highest BCUT2D eigenvalue weighted by Gasteiger charge is 2.32. The Kier molecular flexibility index (Phi) is 4.97. The lowest BCUT2D eigenvalue weighted by molar-refractivity contribution is -0.140. The first kappa shape index (κ1) is 19.9. The van der Waals surface area contributed by atoms with Gasteiger partial charge in [-0.05, 0) is 37.0 Å². The van der Waals surface area contributed by atoms with Gasteiger partial charge in [0.1, 0.15) is 17.0 Å². The summed E-state index contributed by atoms with van der Waals surface area (Å²) in [6.07, 6.45) is 7.53. The van der Waals surface area contributed by atoms with E-state index in [0.29, 0.717) is 31.3 Å². The van der Waals surface area contributed by atoms with Gasteiger partial charge in [-0.25, -0.2) is 14.5 Å². The number of ether oxygens (including phenoxy) is 1. The molecular formula is C22H21ClN6O2S. The fourth-order valence-corrected chi connectivity index (χ4v) is 6.08. The van der Waals surface area contributed by atoms with Crippen molar-refractivity contribution in [2.24, 2.45) is 5.92 Å². The molecule has 0 bridgehead atoms. The van der Waals surface area contributed by atoms with Crippen molar-refractivity contribution in [1.29, 1.82) is 0 Å². The molecule has 1 N–H and O–H groups in total. The zero-order valence-corrected chi connectivity index (χ0v) is 18.8. The molecule has 0 unspecified atom stereocenters. The standard InChI is InChI=1S/C22H21ClN6O2S/c23-16-11-29-14(3-4-26-29)10-17(16)27-20-19-15-2-1-13(22(30)28-5-7-31-8-6-28)9-18(15)32-21(19)25-12-24-20/h3-4,10-13H,1-2,5-9H2,(H,24,25,27)/t13-/m0/s1. The molecule has 8 nitrogen and oxygen atoms in total. The first-order chi connectivity index (χ1) is 15.7. The molecule has 10 heteroatoms. The molecule has 0 saturated carbocycles. The monoisotopic (exact) mass is 468 g/mol. The minimum absolute atomic E-state index is 0.0248. The Morgan fingerprint density at radius 2 is 2.16 bits per heavy atom. The number of anilines is 2. The zero-order valence-electron chi connectivity index (χ0n) is 17.3. The maximum atomic E-state index is 13.0. The molecule has 1 atom stereocenters. The van der Waals surface area contributed by atoms with Crippen LogP contribution >= 0.6 is 22.9 Å². The van der Waals surface area contributed by atoms with E-state index in [-0.39, 0.29) is 11.8 Å². The summed E-state index contributed by atoms with van der Waals surface area (Å²) in [5.41, 5.74) is 2.97. The summed E-state index contributed by atoms with van der Waals surface area (Å²) in [7, 11) is 0. The molecule has 1 amide bonds. The van der Waals surface area contributed by atoms with E-state index >= 15 is 0 Å². The van der Waals surface area contributed by atoms with Crippen molar-refractivity contribution >= 4 is 56.1 Å². The van der Waals surface area contributed by atoms with E-state index in [4.69, 9.17) is 16.3 Å². The van der Waals surface area contributed by atoms with Crippen molar-refractivity contribution in [2.75, 3.05) is 31.6 Å². The molecule has 1 fully saturated rings. The van der Waals surface area contributed by atoms with E-state index in [2.05, 4.69) is 20.4 Å². The van der Waals surface area contributed by atoms with Gasteiger partial charge in [-0.3, -0.25) is 4.79 Å². The van der Waals surface area contributed by atoms with E-state index < -0.39 is 0 Å². The third kappa shape index (κ3) is 3.41. The largest absolute Gasteiger partial charge is 0.378 e. The SMILES string of the molecule is O=C([C@H]1CCc2c(sc3ncnc(Nc4cc5ccnn5cc4Cl)c23)C1)N1CCOCC1. The number of aryl methyl sites for hydroxylation is 1. The van der Waals surface area contributed by atoms with Crippen LogP contribution in [0.2, 0.25) is 5.02 Å². The van der Waals surface area contributed by atoms with Crippen molar-refractivity contribution in [3.8, 4) is 0 Å². The molecule has 164 valence electrons. The normalized spacial score (nSPS) is 18.8. The van der Waals surface area contributed by atoms with Crippen LogP contribution in [0.15, 0.2) is 30.9 Å². The number of carbonyl (C=O) groups is 1. The Hall–Kier alpha value is -2.75. The lowest BCUT2D eigenvalue weighted by Crippen LogP contribution is -2.44. The summed E-state index contributed by atoms with van der Waals surface area (Å²) >= 11 is 8.16. The average molecular weight is 469 g/mol. The first-order valence-electron chi connectivity index (χ1n) is 10.7. The van der Waals surface area contributed by atoms with Crippen LogP contribution in [0.1, 0.15) is 16.9 Å². The van der Waals surface area contributed by atoms with Gasteiger partial charge < -0.3 is 15.0 Å². The second kappa shape index (κ2) is 7.99. The maximum absolute atomic E-state index is 13.0. The number of fused-ring (bicyclic) bond motifs is 4. The minimum atomic E-state index is 0.0248. The van der Waals surface area contributed by atoms with E-state index in [1.165, 1.54) is 10.4 Å². The van der Waals surface area contributed by atoms with Crippen molar-refractivity contribution in [2.45, 2.75) is 19.3 Å². The van der Waals surface area contributed by atoms with E-state index in [9.17, 15) is 4.79 Å². The van der Waals surface area contributed by atoms with Crippen LogP contribution in [0.3, 0.4) is 0 Å². The van der Waals surface area contributed by atoms with Gasteiger partial charge in [-0.2, -0.15) is 5.10 Å². The van der Waals surface area contributed by atoms with Crippen molar-refractivity contribution in [1.82, 2.24) is 24.5 Å². The summed E-state index contributed by atoms with van der Waals surface area (Å²) in [4.78, 5) is 26.2. The number of halogens is 1. The zero-order chi connectivity index (χ0) is 21.7. The highest BCUT2D eigenvalue weighted by atomic mass is 35.5. The summed E-state index contributed by atoms with van der Waals surface area (Å²) in [6.45, 7) is 2.64. The lowest BCUT2D eigenvalue weighted by Gasteiger charge is -2.31. The van der Waals surface area contributed by atoms with Crippen LogP contribution in [0, 0.1) is 5.92 Å². The van der Waals surface area contributed by atoms with Crippen molar-refractivity contribution < 1.29 is 9.53 Å². The number of nitrogens with one attached hydrogen (secondary N) is 1. The number of rotatable bonds is 3. The predicted octanol–water partition coefficient (Wildman–Crippen LogP) is 3.70. The molecule has 1 saturated heterocycles. The summed E-state index contributed by atoms with van der Waals surface area (Å²) in [6, 6.07) is 3.88. The third-order valence-electron chi connectivity index (χ3n) is 6.26. The van der Waals surface area contributed by atoms with Gasteiger partial charge in [0.15, 0.2) is 0 Å². The number of pyridine rings is 1. The second-order valence-electron chi connectivity index (χ2n) is 8.14. The van der Waals surface area contributed by atoms with Crippen LogP contribution in [-0.4, -0.2) is 56.7 Å². The first-order valence-corrected chi connectivity index (χ1v) is 11.9.